The van der Waals surface area contributed by atoms with Crippen molar-refractivity contribution in [3.63, 3.8) is 0 Å². The molecule has 1 atom stereocenters. The molecule has 3 aliphatic rings. The van der Waals surface area contributed by atoms with Crippen molar-refractivity contribution in [3.05, 3.63) is 82.1 Å². The number of halogens is 2. The first-order valence-electron chi connectivity index (χ1n) is 16.6. The summed E-state index contributed by atoms with van der Waals surface area (Å²) in [6.45, 7) is 5.55. The largest absolute Gasteiger partial charge is 0.481 e. The van der Waals surface area contributed by atoms with Crippen LogP contribution in [-0.2, 0) is 11.3 Å². The molecule has 7 rings (SSSR count). The summed E-state index contributed by atoms with van der Waals surface area (Å²) in [4.78, 5) is 33.4. The average molecular weight is 714 g/mol. The Labute approximate surface area is 301 Å². The number of ether oxygens (including phenoxy) is 1. The highest BCUT2D eigenvalue weighted by Crippen LogP contribution is 2.43. The summed E-state index contributed by atoms with van der Waals surface area (Å²) in [7, 11) is 3.38. The molecule has 4 aromatic rings. The molecule has 0 unspecified atom stereocenters. The van der Waals surface area contributed by atoms with Gasteiger partial charge in [0.05, 0.1) is 41.0 Å². The molecule has 2 fully saturated rings. The molecule has 5 heterocycles. The van der Waals surface area contributed by atoms with Gasteiger partial charge in [0, 0.05) is 85.3 Å². The first kappa shape index (κ1) is 33.9. The van der Waals surface area contributed by atoms with E-state index in [4.69, 9.17) is 32.9 Å². The minimum atomic E-state index is -0.339. The third kappa shape index (κ3) is 6.40. The molecule has 13 heteroatoms. The summed E-state index contributed by atoms with van der Waals surface area (Å²) in [5.41, 5.74) is 5.59. The Hall–Kier alpha value is -4.60. The van der Waals surface area contributed by atoms with Gasteiger partial charge in [-0.1, -0.05) is 65.7 Å². The molecule has 0 saturated carbocycles. The Morgan fingerprint density at radius 3 is 2.44 bits per heavy atom. The molecule has 11 nitrogen and oxygen atoms in total. The van der Waals surface area contributed by atoms with Gasteiger partial charge in [0.1, 0.15) is 12.4 Å². The number of amides is 2. The van der Waals surface area contributed by atoms with E-state index in [0.29, 0.717) is 73.3 Å². The number of nitrogens with one attached hydrogen (secondary N) is 2. The molecule has 2 aromatic carbocycles. The number of methoxy groups -OCH3 is 1. The normalized spacial score (nSPS) is 18.4. The highest BCUT2D eigenvalue weighted by Gasteiger charge is 2.40. The van der Waals surface area contributed by atoms with E-state index >= 15 is 0 Å². The fourth-order valence-corrected chi connectivity index (χ4v) is 7.73. The van der Waals surface area contributed by atoms with Crippen LogP contribution in [0.25, 0.3) is 33.5 Å². The van der Waals surface area contributed by atoms with Gasteiger partial charge >= 0.3 is 0 Å². The van der Waals surface area contributed by atoms with Crippen LogP contribution >= 0.6 is 23.2 Å². The summed E-state index contributed by atoms with van der Waals surface area (Å²) in [5, 5.41) is 18.9. The number of pyridine rings is 1. The summed E-state index contributed by atoms with van der Waals surface area (Å²) < 4.78 is 7.56. The summed E-state index contributed by atoms with van der Waals surface area (Å²) in [5.74, 6) is 0.511. The molecule has 2 aromatic heterocycles. The number of likely N-dealkylation sites (tertiary alicyclic amines) is 1. The number of nitriles is 1. The van der Waals surface area contributed by atoms with Gasteiger partial charge in [-0.25, -0.2) is 4.98 Å². The number of hydrogen-bond donors (Lipinski definition) is 2. The maximum Gasteiger partial charge on any atom is 0.273 e. The monoisotopic (exact) mass is 712 g/mol. The molecule has 0 bridgehead atoms. The maximum atomic E-state index is 13.2. The van der Waals surface area contributed by atoms with Crippen LogP contribution in [0.2, 0.25) is 10.0 Å². The van der Waals surface area contributed by atoms with Crippen molar-refractivity contribution in [1.82, 2.24) is 30.1 Å². The smallest absolute Gasteiger partial charge is 0.273 e. The van der Waals surface area contributed by atoms with E-state index in [1.54, 1.807) is 19.1 Å². The second kappa shape index (κ2) is 13.6. The molecule has 2 N–H and O–H groups in total. The van der Waals surface area contributed by atoms with Gasteiger partial charge in [-0.15, -0.1) is 0 Å². The molecule has 3 aliphatic heterocycles. The maximum absolute atomic E-state index is 13.2. The Bertz CT molecular complexity index is 2020. The van der Waals surface area contributed by atoms with Crippen LogP contribution < -0.4 is 20.4 Å². The third-order valence-corrected chi connectivity index (χ3v) is 10.4. The van der Waals surface area contributed by atoms with Crippen molar-refractivity contribution in [2.75, 3.05) is 52.1 Å². The summed E-state index contributed by atoms with van der Waals surface area (Å²) in [6, 6.07) is 19.9. The second-order valence-corrected chi connectivity index (χ2v) is 14.3. The quantitative estimate of drug-likeness (QED) is 0.226. The van der Waals surface area contributed by atoms with Crippen LogP contribution in [0.4, 0.5) is 0 Å². The SMILES string of the molecule is COc1nc(-c2cccc(-c3cccc(-c4cc5n(c4)N(CN4CC(C)(C#N)C4)CN(C)C5=O)c3Cl)c2Cl)ccc1CNC[C@@H]1CCC(=O)N1. The minimum Gasteiger partial charge on any atom is -0.481 e. The molecule has 2 amide bonds. The van der Waals surface area contributed by atoms with Crippen molar-refractivity contribution in [2.24, 2.45) is 5.41 Å². The topological polar surface area (TPSA) is 119 Å². The summed E-state index contributed by atoms with van der Waals surface area (Å²) >= 11 is 14.3. The zero-order valence-electron chi connectivity index (χ0n) is 28.2. The molecular formula is C37H38Cl2N8O3. The van der Waals surface area contributed by atoms with Crippen LogP contribution in [0.15, 0.2) is 60.8 Å². The number of carbonyl (C=O) groups excluding carboxylic acids is 2. The molecule has 50 heavy (non-hydrogen) atoms. The van der Waals surface area contributed by atoms with E-state index in [9.17, 15) is 14.9 Å². The summed E-state index contributed by atoms with van der Waals surface area (Å²) in [6.07, 6.45) is 3.34. The number of carbonyl (C=O) groups is 2. The Morgan fingerprint density at radius 1 is 1.06 bits per heavy atom. The highest BCUT2D eigenvalue weighted by molar-refractivity contribution is 6.39. The Morgan fingerprint density at radius 2 is 1.76 bits per heavy atom. The van der Waals surface area contributed by atoms with Gasteiger partial charge in [0.15, 0.2) is 0 Å². The van der Waals surface area contributed by atoms with Gasteiger partial charge in [0.2, 0.25) is 11.8 Å². The zero-order chi connectivity index (χ0) is 35.2. The lowest BCUT2D eigenvalue weighted by atomic mass is 9.84. The molecule has 258 valence electrons. The van der Waals surface area contributed by atoms with E-state index in [0.717, 1.165) is 39.8 Å². The van der Waals surface area contributed by atoms with Gasteiger partial charge in [-0.2, -0.15) is 5.26 Å². The number of hydrogen-bond acceptors (Lipinski definition) is 8. The third-order valence-electron chi connectivity index (χ3n) is 9.62. The van der Waals surface area contributed by atoms with Gasteiger partial charge in [-0.3, -0.25) is 24.2 Å². The number of aromatic nitrogens is 2. The lowest BCUT2D eigenvalue weighted by molar-refractivity contribution is -0.119. The van der Waals surface area contributed by atoms with E-state index < -0.39 is 0 Å². The molecular weight excluding hydrogens is 675 g/mol. The lowest BCUT2D eigenvalue weighted by Gasteiger charge is -2.47. The Kier molecular flexibility index (Phi) is 9.22. The molecule has 0 spiro atoms. The highest BCUT2D eigenvalue weighted by atomic mass is 35.5. The predicted octanol–water partition coefficient (Wildman–Crippen LogP) is 5.35. The number of benzene rings is 2. The van der Waals surface area contributed by atoms with Crippen molar-refractivity contribution in [1.29, 1.82) is 5.26 Å². The minimum absolute atomic E-state index is 0.0759. The second-order valence-electron chi connectivity index (χ2n) is 13.5. The number of rotatable bonds is 10. The van der Waals surface area contributed by atoms with Crippen molar-refractivity contribution < 1.29 is 14.3 Å². The van der Waals surface area contributed by atoms with Gasteiger partial charge < -0.3 is 20.3 Å². The van der Waals surface area contributed by atoms with Gasteiger partial charge in [0.25, 0.3) is 5.91 Å². The van der Waals surface area contributed by atoms with E-state index in [1.165, 1.54) is 0 Å². The molecule has 2 saturated heterocycles. The van der Waals surface area contributed by atoms with Crippen molar-refractivity contribution in [3.8, 4) is 45.5 Å². The van der Waals surface area contributed by atoms with Crippen LogP contribution in [0.5, 0.6) is 5.88 Å². The van der Waals surface area contributed by atoms with Crippen molar-refractivity contribution >= 4 is 35.0 Å². The zero-order valence-corrected chi connectivity index (χ0v) is 29.7. The van der Waals surface area contributed by atoms with Crippen LogP contribution in [-0.4, -0.2) is 84.4 Å². The first-order valence-corrected chi connectivity index (χ1v) is 17.3. The Balaban J connectivity index is 1.14. The van der Waals surface area contributed by atoms with Crippen LogP contribution in [0.3, 0.4) is 0 Å². The number of fused-ring (bicyclic) bond motifs is 1. The molecule has 0 radical (unpaired) electrons. The van der Waals surface area contributed by atoms with Crippen LogP contribution in [0.1, 0.15) is 35.8 Å². The van der Waals surface area contributed by atoms with E-state index in [2.05, 4.69) is 26.6 Å². The van der Waals surface area contributed by atoms with Crippen LogP contribution in [0, 0.1) is 16.7 Å². The predicted molar refractivity (Wildman–Crippen MR) is 193 cm³/mol. The fraction of sp³-hybridized carbons (Fsp3) is 0.351. The fourth-order valence-electron chi connectivity index (χ4n) is 7.06. The average Bonchev–Trinajstić information content (AvgIpc) is 3.73. The standard InChI is InChI=1S/C37H38Cl2N8O3/c1-37(18-40)19-45(20-37)22-46-21-44(2)36(49)31-14-24(17-47(31)46)26-6-4-7-27(33(26)38)28-8-5-9-29(34(28)39)30-12-10-23(35(43-30)50-3)15-41-16-25-11-13-32(48)42-25/h4-10,12,14,17,25,41H,11,13,15-16,19-22H2,1-3H3,(H,42,48)/t25-/m0/s1. The first-order chi connectivity index (χ1) is 24.1. The van der Waals surface area contributed by atoms with Crippen molar-refractivity contribution in [2.45, 2.75) is 32.4 Å². The lowest BCUT2D eigenvalue weighted by Crippen LogP contribution is -2.61. The van der Waals surface area contributed by atoms with E-state index in [-0.39, 0.29) is 23.3 Å². The molecule has 0 aliphatic carbocycles. The van der Waals surface area contributed by atoms with E-state index in [1.807, 2.05) is 72.4 Å². The van der Waals surface area contributed by atoms with Gasteiger partial charge in [-0.05, 0) is 25.5 Å². The number of nitrogens with zero attached hydrogens (tertiary/aromatic N) is 6.